The second-order valence-corrected chi connectivity index (χ2v) is 3.96. The summed E-state index contributed by atoms with van der Waals surface area (Å²) in [6.07, 6.45) is 5.37. The molecule has 1 atom stereocenters. The highest BCUT2D eigenvalue weighted by atomic mass is 16.5. The van der Waals surface area contributed by atoms with Gasteiger partial charge in [0, 0.05) is 12.5 Å². The van der Waals surface area contributed by atoms with Crippen LogP contribution < -0.4 is 15.4 Å². The monoisotopic (exact) mass is 238 g/mol. The molecule has 0 aliphatic rings. The lowest BCUT2D eigenvalue weighted by molar-refractivity contribution is 0.284. The van der Waals surface area contributed by atoms with Gasteiger partial charge in [0.25, 0.3) is 0 Å². The minimum atomic E-state index is 0.489. The second-order valence-electron chi connectivity index (χ2n) is 3.96. The third-order valence-corrected chi connectivity index (χ3v) is 2.57. The third kappa shape index (κ3) is 5.60. The Balaban J connectivity index is 2.34. The van der Waals surface area contributed by atoms with Crippen molar-refractivity contribution >= 4 is 0 Å². The van der Waals surface area contributed by atoms with Gasteiger partial charge in [-0.15, -0.1) is 0 Å². The molecule has 0 saturated heterocycles. The Morgan fingerprint density at radius 1 is 1.35 bits per heavy atom. The van der Waals surface area contributed by atoms with E-state index >= 15 is 0 Å². The zero-order valence-electron chi connectivity index (χ0n) is 10.9. The van der Waals surface area contributed by atoms with E-state index in [-0.39, 0.29) is 0 Å². The molecule has 0 bridgehead atoms. The molecule has 0 aromatic carbocycles. The number of hydrogen-bond acceptors (Lipinski definition) is 5. The first-order valence-electron chi connectivity index (χ1n) is 6.08. The van der Waals surface area contributed by atoms with Crippen molar-refractivity contribution < 1.29 is 4.74 Å². The molecule has 17 heavy (non-hydrogen) atoms. The first kappa shape index (κ1) is 13.9. The van der Waals surface area contributed by atoms with Crippen molar-refractivity contribution in [1.82, 2.24) is 20.6 Å². The van der Waals surface area contributed by atoms with Gasteiger partial charge in [0.15, 0.2) is 5.75 Å². The smallest absolute Gasteiger partial charge is 0.157 e. The average molecular weight is 238 g/mol. The SMILES string of the molecule is CCNCOc1cnc(CCC(C)NC)nc1. The number of nitrogens with zero attached hydrogens (tertiary/aromatic N) is 2. The van der Waals surface area contributed by atoms with Gasteiger partial charge in [-0.3, -0.25) is 5.32 Å². The Morgan fingerprint density at radius 2 is 2.06 bits per heavy atom. The molecule has 1 aromatic heterocycles. The summed E-state index contributed by atoms with van der Waals surface area (Å²) in [4.78, 5) is 8.54. The van der Waals surface area contributed by atoms with Crippen LogP contribution in [0.15, 0.2) is 12.4 Å². The summed E-state index contributed by atoms with van der Waals surface area (Å²) in [6, 6.07) is 0.489. The topological polar surface area (TPSA) is 59.1 Å². The molecular weight excluding hydrogens is 216 g/mol. The highest BCUT2D eigenvalue weighted by Crippen LogP contribution is 2.07. The van der Waals surface area contributed by atoms with Crippen LogP contribution in [0.4, 0.5) is 0 Å². The fourth-order valence-electron chi connectivity index (χ4n) is 1.27. The van der Waals surface area contributed by atoms with E-state index in [1.807, 2.05) is 14.0 Å². The quantitative estimate of drug-likeness (QED) is 0.522. The summed E-state index contributed by atoms with van der Waals surface area (Å²) < 4.78 is 5.40. The molecule has 1 rings (SSSR count). The van der Waals surface area contributed by atoms with Crippen LogP contribution in [0.1, 0.15) is 26.1 Å². The standard InChI is InChI=1S/C12H22N4O/c1-4-14-9-17-11-7-15-12(16-8-11)6-5-10(2)13-3/h7-8,10,13-14H,4-6,9H2,1-3H3. The highest BCUT2D eigenvalue weighted by Gasteiger charge is 2.02. The van der Waals surface area contributed by atoms with Gasteiger partial charge in [0.1, 0.15) is 12.6 Å². The Morgan fingerprint density at radius 3 is 2.65 bits per heavy atom. The van der Waals surface area contributed by atoms with Crippen LogP contribution in [0.25, 0.3) is 0 Å². The summed E-state index contributed by atoms with van der Waals surface area (Å²) >= 11 is 0. The molecule has 1 heterocycles. The summed E-state index contributed by atoms with van der Waals surface area (Å²) in [5.74, 6) is 1.57. The molecule has 5 nitrogen and oxygen atoms in total. The van der Waals surface area contributed by atoms with E-state index in [2.05, 4.69) is 27.5 Å². The van der Waals surface area contributed by atoms with E-state index in [4.69, 9.17) is 4.74 Å². The van der Waals surface area contributed by atoms with Gasteiger partial charge in [-0.25, -0.2) is 9.97 Å². The molecule has 1 aromatic rings. The molecule has 0 radical (unpaired) electrons. The van der Waals surface area contributed by atoms with Crippen molar-refractivity contribution in [1.29, 1.82) is 0 Å². The molecule has 0 amide bonds. The lowest BCUT2D eigenvalue weighted by Gasteiger charge is -2.09. The zero-order valence-corrected chi connectivity index (χ0v) is 10.9. The van der Waals surface area contributed by atoms with E-state index in [0.717, 1.165) is 25.2 Å². The van der Waals surface area contributed by atoms with Gasteiger partial charge >= 0.3 is 0 Å². The van der Waals surface area contributed by atoms with Crippen LogP contribution in [0.2, 0.25) is 0 Å². The van der Waals surface area contributed by atoms with Crippen molar-refractivity contribution in [2.75, 3.05) is 20.3 Å². The fourth-order valence-corrected chi connectivity index (χ4v) is 1.27. The number of aromatic nitrogens is 2. The predicted octanol–water partition coefficient (Wildman–Crippen LogP) is 0.963. The van der Waals surface area contributed by atoms with Gasteiger partial charge in [-0.1, -0.05) is 6.92 Å². The predicted molar refractivity (Wildman–Crippen MR) is 68.0 cm³/mol. The molecule has 0 spiro atoms. The van der Waals surface area contributed by atoms with E-state index < -0.39 is 0 Å². The normalized spacial score (nSPS) is 12.4. The molecule has 96 valence electrons. The van der Waals surface area contributed by atoms with Gasteiger partial charge in [0.2, 0.25) is 0 Å². The third-order valence-electron chi connectivity index (χ3n) is 2.57. The van der Waals surface area contributed by atoms with Crippen molar-refractivity contribution in [3.8, 4) is 5.75 Å². The lowest BCUT2D eigenvalue weighted by Crippen LogP contribution is -2.22. The van der Waals surface area contributed by atoms with Crippen molar-refractivity contribution in [2.24, 2.45) is 0 Å². The Bertz CT molecular complexity index is 302. The Kier molecular flexibility index (Phi) is 6.50. The molecule has 0 fully saturated rings. The highest BCUT2D eigenvalue weighted by molar-refractivity contribution is 5.12. The average Bonchev–Trinajstić information content (AvgIpc) is 2.37. The number of hydrogen-bond donors (Lipinski definition) is 2. The fraction of sp³-hybridized carbons (Fsp3) is 0.667. The van der Waals surface area contributed by atoms with Crippen LogP contribution in [-0.2, 0) is 6.42 Å². The summed E-state index contributed by atoms with van der Waals surface area (Å²) in [5, 5.41) is 6.27. The maximum Gasteiger partial charge on any atom is 0.157 e. The number of nitrogens with one attached hydrogen (secondary N) is 2. The van der Waals surface area contributed by atoms with Crippen LogP contribution >= 0.6 is 0 Å². The number of rotatable bonds is 8. The Hall–Kier alpha value is -1.20. The molecule has 0 aliphatic carbocycles. The van der Waals surface area contributed by atoms with E-state index in [1.165, 1.54) is 0 Å². The van der Waals surface area contributed by atoms with Crippen LogP contribution in [-0.4, -0.2) is 36.3 Å². The van der Waals surface area contributed by atoms with E-state index in [0.29, 0.717) is 18.5 Å². The van der Waals surface area contributed by atoms with E-state index in [9.17, 15) is 0 Å². The van der Waals surface area contributed by atoms with Gasteiger partial charge in [0.05, 0.1) is 12.4 Å². The van der Waals surface area contributed by atoms with Crippen molar-refractivity contribution in [3.63, 3.8) is 0 Å². The Labute approximate surface area is 103 Å². The van der Waals surface area contributed by atoms with Crippen LogP contribution in [0, 0.1) is 0 Å². The van der Waals surface area contributed by atoms with Crippen molar-refractivity contribution in [3.05, 3.63) is 18.2 Å². The first-order valence-corrected chi connectivity index (χ1v) is 6.08. The molecule has 0 aliphatic heterocycles. The molecule has 2 N–H and O–H groups in total. The van der Waals surface area contributed by atoms with Gasteiger partial charge in [-0.05, 0) is 26.9 Å². The number of ether oxygens (including phenoxy) is 1. The zero-order chi connectivity index (χ0) is 12.5. The van der Waals surface area contributed by atoms with Gasteiger partial charge < -0.3 is 10.1 Å². The minimum Gasteiger partial charge on any atom is -0.475 e. The first-order chi connectivity index (χ1) is 8.26. The molecule has 1 unspecified atom stereocenters. The maximum atomic E-state index is 5.40. The summed E-state index contributed by atoms with van der Waals surface area (Å²) in [5.41, 5.74) is 0. The van der Waals surface area contributed by atoms with Crippen molar-refractivity contribution in [2.45, 2.75) is 32.7 Å². The van der Waals surface area contributed by atoms with Gasteiger partial charge in [-0.2, -0.15) is 0 Å². The molecule has 0 saturated carbocycles. The molecule has 5 heteroatoms. The van der Waals surface area contributed by atoms with Crippen LogP contribution in [0.5, 0.6) is 5.75 Å². The second kappa shape index (κ2) is 7.97. The number of aryl methyl sites for hydroxylation is 1. The summed E-state index contributed by atoms with van der Waals surface area (Å²) in [7, 11) is 1.96. The largest absolute Gasteiger partial charge is 0.475 e. The minimum absolute atomic E-state index is 0.489. The lowest BCUT2D eigenvalue weighted by atomic mass is 10.2. The van der Waals surface area contributed by atoms with E-state index in [1.54, 1.807) is 12.4 Å². The summed E-state index contributed by atoms with van der Waals surface area (Å²) in [6.45, 7) is 5.57. The molecular formula is C12H22N4O. The maximum absolute atomic E-state index is 5.40. The van der Waals surface area contributed by atoms with Crippen LogP contribution in [0.3, 0.4) is 0 Å².